The quantitative estimate of drug-likeness (QED) is 0.290. The number of likely N-dealkylation sites (N-methyl/N-ethyl adjacent to an activating group) is 1. The number of fused-ring (bicyclic) bond motifs is 5. The van der Waals surface area contributed by atoms with E-state index in [2.05, 4.69) is 36.2 Å². The lowest BCUT2D eigenvalue weighted by Crippen LogP contribution is -2.38. The maximum Gasteiger partial charge on any atom is 0.275 e. The normalized spacial score (nSPS) is 25.1. The topological polar surface area (TPSA) is 161 Å². The maximum absolute atomic E-state index is 13.4. The number of aromatic nitrogens is 5. The molecule has 13 nitrogen and oxygen atoms in total. The fraction of sp³-hybridized carbons (Fsp3) is 0.514. The molecule has 1 amide bonds. The molecule has 6 heterocycles. The van der Waals surface area contributed by atoms with E-state index in [9.17, 15) is 10.1 Å². The number of carbonyl (C=O) groups is 1. The van der Waals surface area contributed by atoms with Crippen LogP contribution >= 0.6 is 0 Å². The second-order valence-corrected chi connectivity index (χ2v) is 14.6. The second kappa shape index (κ2) is 11.9. The Hall–Kier alpha value is -4.80. The minimum Gasteiger partial charge on any atom is -0.473 e. The molecule has 2 N–H and O–H groups in total. The molecule has 2 fully saturated rings. The van der Waals surface area contributed by atoms with E-state index >= 15 is 0 Å². The van der Waals surface area contributed by atoms with Crippen molar-refractivity contribution < 1.29 is 18.8 Å². The van der Waals surface area contributed by atoms with Crippen LogP contribution in [0.15, 0.2) is 28.9 Å². The molecular formula is C37H41N9O4. The van der Waals surface area contributed by atoms with Gasteiger partial charge in [-0.25, -0.2) is 9.67 Å². The van der Waals surface area contributed by atoms with Gasteiger partial charge in [0, 0.05) is 41.7 Å². The highest BCUT2D eigenvalue weighted by Gasteiger charge is 2.48. The molecule has 9 rings (SSSR count). The molecule has 13 heteroatoms. The largest absolute Gasteiger partial charge is 0.473 e. The number of hydrogen-bond donors (Lipinski definition) is 1. The molecule has 5 aliphatic rings. The average Bonchev–Trinajstić information content (AvgIpc) is 3.96. The molecular weight excluding hydrogens is 634 g/mol. The number of nitrogens with two attached hydrogens (primary N) is 1. The predicted molar refractivity (Wildman–Crippen MR) is 182 cm³/mol. The van der Waals surface area contributed by atoms with Crippen LogP contribution in [0, 0.1) is 11.3 Å². The SMILES string of the molecule is C[C@H](Oc1cc(-n2cc3c(n2)C(=O)N([C@H]2CCOC2)C3)nc(-c2noc3c2CCC[C@@]32CCCc3ccc(N)c(C#N)c32)n1)[C@@H]1CCCN1C. The van der Waals surface area contributed by atoms with Gasteiger partial charge in [0.25, 0.3) is 5.91 Å². The van der Waals surface area contributed by atoms with Gasteiger partial charge in [-0.1, -0.05) is 11.2 Å². The number of ether oxygens (including phenoxy) is 2. The van der Waals surface area contributed by atoms with Gasteiger partial charge < -0.3 is 24.6 Å². The van der Waals surface area contributed by atoms with Gasteiger partial charge in [-0.05, 0) is 95.5 Å². The van der Waals surface area contributed by atoms with Gasteiger partial charge in [0.2, 0.25) is 5.88 Å². The van der Waals surface area contributed by atoms with Crippen LogP contribution in [0.5, 0.6) is 5.88 Å². The van der Waals surface area contributed by atoms with E-state index in [0.717, 1.165) is 92.3 Å². The molecule has 2 saturated heterocycles. The Morgan fingerprint density at radius 2 is 1.98 bits per heavy atom. The third-order valence-corrected chi connectivity index (χ3v) is 11.7. The first-order chi connectivity index (χ1) is 24.3. The molecule has 0 radical (unpaired) electrons. The number of carbonyl (C=O) groups excluding carboxylic acids is 1. The summed E-state index contributed by atoms with van der Waals surface area (Å²) in [5.74, 6) is 1.97. The molecule has 258 valence electrons. The van der Waals surface area contributed by atoms with E-state index in [1.165, 1.54) is 0 Å². The van der Waals surface area contributed by atoms with Gasteiger partial charge in [-0.3, -0.25) is 9.69 Å². The van der Waals surface area contributed by atoms with Gasteiger partial charge >= 0.3 is 0 Å². The third kappa shape index (κ3) is 4.83. The number of anilines is 1. The Morgan fingerprint density at radius 1 is 1.12 bits per heavy atom. The van der Waals surface area contributed by atoms with Crippen molar-refractivity contribution in [3.05, 3.63) is 63.7 Å². The van der Waals surface area contributed by atoms with E-state index in [1.807, 2.05) is 17.2 Å². The first-order valence-electron chi connectivity index (χ1n) is 17.9. The lowest BCUT2D eigenvalue weighted by Gasteiger charge is -2.41. The number of nitriles is 1. The minimum absolute atomic E-state index is 0.0736. The molecule has 4 atom stereocenters. The van der Waals surface area contributed by atoms with Crippen LogP contribution in [0.3, 0.4) is 0 Å². The highest BCUT2D eigenvalue weighted by Crippen LogP contribution is 2.53. The monoisotopic (exact) mass is 675 g/mol. The zero-order valence-corrected chi connectivity index (χ0v) is 28.5. The summed E-state index contributed by atoms with van der Waals surface area (Å²) in [7, 11) is 2.13. The lowest BCUT2D eigenvalue weighted by atomic mass is 9.61. The first kappa shape index (κ1) is 31.2. The number of likely N-dealkylation sites (tertiary alicyclic amines) is 1. The van der Waals surface area contributed by atoms with Crippen molar-refractivity contribution in [2.45, 2.75) is 94.9 Å². The summed E-state index contributed by atoms with van der Waals surface area (Å²) in [6, 6.07) is 8.44. The van der Waals surface area contributed by atoms with E-state index in [4.69, 9.17) is 34.8 Å². The van der Waals surface area contributed by atoms with Gasteiger partial charge in [-0.15, -0.1) is 0 Å². The minimum atomic E-state index is -0.495. The van der Waals surface area contributed by atoms with Gasteiger partial charge in [0.05, 0.1) is 30.2 Å². The Labute approximate surface area is 290 Å². The van der Waals surface area contributed by atoms with Crippen molar-refractivity contribution in [3.8, 4) is 29.3 Å². The van der Waals surface area contributed by atoms with Crippen molar-refractivity contribution >= 4 is 11.6 Å². The van der Waals surface area contributed by atoms with Crippen molar-refractivity contribution in [1.29, 1.82) is 5.26 Å². The summed E-state index contributed by atoms with van der Waals surface area (Å²) >= 11 is 0. The summed E-state index contributed by atoms with van der Waals surface area (Å²) < 4.78 is 20.1. The Morgan fingerprint density at radius 3 is 2.74 bits per heavy atom. The van der Waals surface area contributed by atoms with Crippen LogP contribution < -0.4 is 10.5 Å². The number of amides is 1. The number of aryl methyl sites for hydroxylation is 1. The van der Waals surface area contributed by atoms with Crippen LogP contribution in [-0.2, 0) is 29.5 Å². The van der Waals surface area contributed by atoms with Gasteiger partial charge in [0.15, 0.2) is 28.8 Å². The first-order valence-corrected chi connectivity index (χ1v) is 17.9. The summed E-state index contributed by atoms with van der Waals surface area (Å²) in [6.45, 7) is 4.83. The molecule has 4 aromatic rings. The number of rotatable bonds is 6. The molecule has 0 bridgehead atoms. The van der Waals surface area contributed by atoms with E-state index in [0.29, 0.717) is 59.9 Å². The number of nitrogens with zero attached hydrogens (tertiary/aromatic N) is 8. The second-order valence-electron chi connectivity index (χ2n) is 14.6. The smallest absolute Gasteiger partial charge is 0.275 e. The molecule has 1 spiro atoms. The van der Waals surface area contributed by atoms with Crippen LogP contribution in [0.1, 0.15) is 95.9 Å². The molecule has 2 aliphatic carbocycles. The predicted octanol–water partition coefficient (Wildman–Crippen LogP) is 4.34. The van der Waals surface area contributed by atoms with Crippen molar-refractivity contribution in [2.75, 3.05) is 32.5 Å². The van der Waals surface area contributed by atoms with Crippen LogP contribution in [0.2, 0.25) is 0 Å². The lowest BCUT2D eigenvalue weighted by molar-refractivity contribution is 0.0672. The van der Waals surface area contributed by atoms with Crippen molar-refractivity contribution in [1.82, 2.24) is 34.7 Å². The highest BCUT2D eigenvalue weighted by molar-refractivity contribution is 5.96. The zero-order chi connectivity index (χ0) is 34.1. The molecule has 0 unspecified atom stereocenters. The standard InChI is InChI=1S/C37H41N9O4/c1-21(28-8-5-14-44(28)2)49-30-16-29(46-19-23-18-45(24-11-15-48-20-24)36(47)32(23)42-46)40-35(41-30)33-25-7-4-13-37(34(25)50-43-33)12-3-6-22-9-10-27(39)26(17-38)31(22)37/h9-10,16,19,21,24,28H,3-8,11-15,18,20,39H2,1-2H3/t21-,24-,28-,37+/m0/s1. The number of nitrogen functional groups attached to an aromatic ring is 1. The molecule has 50 heavy (non-hydrogen) atoms. The van der Waals surface area contributed by atoms with E-state index in [-0.39, 0.29) is 24.1 Å². The van der Waals surface area contributed by atoms with Gasteiger partial charge in [0.1, 0.15) is 12.2 Å². The summed E-state index contributed by atoms with van der Waals surface area (Å²) in [6.07, 6.45) is 9.97. The Kier molecular flexibility index (Phi) is 7.44. The molecule has 0 saturated carbocycles. The van der Waals surface area contributed by atoms with E-state index < -0.39 is 5.41 Å². The molecule has 1 aromatic carbocycles. The van der Waals surface area contributed by atoms with Crippen LogP contribution in [0.4, 0.5) is 5.69 Å². The molecule has 3 aliphatic heterocycles. The van der Waals surface area contributed by atoms with Crippen LogP contribution in [0.25, 0.3) is 17.3 Å². The Bertz CT molecular complexity index is 2040. The fourth-order valence-electron chi connectivity index (χ4n) is 9.26. The van der Waals surface area contributed by atoms with Gasteiger partial charge in [-0.2, -0.15) is 15.3 Å². The van der Waals surface area contributed by atoms with E-state index in [1.54, 1.807) is 10.7 Å². The Balaban J connectivity index is 1.13. The zero-order valence-electron chi connectivity index (χ0n) is 28.5. The fourth-order valence-corrected chi connectivity index (χ4v) is 9.26. The number of hydrogen-bond acceptors (Lipinski definition) is 11. The maximum atomic E-state index is 13.4. The third-order valence-electron chi connectivity index (χ3n) is 11.7. The summed E-state index contributed by atoms with van der Waals surface area (Å²) in [5.41, 5.74) is 11.8. The summed E-state index contributed by atoms with van der Waals surface area (Å²) in [4.78, 5) is 27.5. The summed E-state index contributed by atoms with van der Waals surface area (Å²) in [5, 5.41) is 19.6. The van der Waals surface area contributed by atoms with Crippen LogP contribution in [-0.4, -0.2) is 85.6 Å². The van der Waals surface area contributed by atoms with Crippen molar-refractivity contribution in [3.63, 3.8) is 0 Å². The average molecular weight is 676 g/mol. The van der Waals surface area contributed by atoms with Crippen molar-refractivity contribution in [2.24, 2.45) is 0 Å². The molecule has 3 aromatic heterocycles. The highest BCUT2D eigenvalue weighted by atomic mass is 16.5. The number of benzene rings is 1.